The number of rotatable bonds is 12. The normalized spacial score (nSPS) is 10.9. The molecule has 0 unspecified atom stereocenters. The lowest BCUT2D eigenvalue weighted by molar-refractivity contribution is -0.118. The van der Waals surface area contributed by atoms with Gasteiger partial charge in [0.05, 0.1) is 17.3 Å². The Labute approximate surface area is 211 Å². The largest absolute Gasteiger partial charge is 0.497 e. The van der Waals surface area contributed by atoms with Crippen molar-refractivity contribution in [3.8, 4) is 5.75 Å². The van der Waals surface area contributed by atoms with E-state index < -0.39 is 0 Å². The summed E-state index contributed by atoms with van der Waals surface area (Å²) in [4.78, 5) is 23.5. The number of thioether (sulfide) groups is 1. The van der Waals surface area contributed by atoms with Crippen LogP contribution < -0.4 is 9.64 Å². The van der Waals surface area contributed by atoms with Crippen molar-refractivity contribution in [1.29, 1.82) is 0 Å². The van der Waals surface area contributed by atoms with Crippen LogP contribution in [0.5, 0.6) is 5.75 Å². The number of ether oxygens (including phenoxy) is 1. The number of fused-ring (bicyclic) bond motifs is 1. The summed E-state index contributed by atoms with van der Waals surface area (Å²) >= 11 is 3.36. The Morgan fingerprint density at radius 3 is 2.48 bits per heavy atom. The van der Waals surface area contributed by atoms with Crippen molar-refractivity contribution in [2.45, 2.75) is 38.5 Å². The first-order valence-corrected chi connectivity index (χ1v) is 13.0. The molecule has 0 spiro atoms. The highest BCUT2D eigenvalue weighted by molar-refractivity contribution is 7.99. The number of anilines is 1. The first kappa shape index (κ1) is 27.4. The van der Waals surface area contributed by atoms with Gasteiger partial charge in [0.1, 0.15) is 5.75 Å². The summed E-state index contributed by atoms with van der Waals surface area (Å²) in [7, 11) is 1.66. The van der Waals surface area contributed by atoms with Gasteiger partial charge in [-0.2, -0.15) is 0 Å². The molecule has 0 aliphatic carbocycles. The van der Waals surface area contributed by atoms with Crippen LogP contribution in [0.2, 0.25) is 0 Å². The molecular weight excluding hydrogens is 474 g/mol. The van der Waals surface area contributed by atoms with E-state index in [0.717, 1.165) is 52.9 Å². The zero-order valence-electron chi connectivity index (χ0n) is 19.9. The minimum Gasteiger partial charge on any atom is -0.497 e. The van der Waals surface area contributed by atoms with Gasteiger partial charge in [0.2, 0.25) is 5.91 Å². The highest BCUT2D eigenvalue weighted by Gasteiger charge is 2.20. The number of aromatic nitrogens is 1. The summed E-state index contributed by atoms with van der Waals surface area (Å²) < 4.78 is 6.38. The SMILES string of the molecule is CCN(CC)CCN(C(=O)CCCSc1ccc(C)cc1)c1nc2ccc(OC)cc2s1.Cl. The number of halogens is 1. The maximum absolute atomic E-state index is 13.2. The van der Waals surface area contributed by atoms with E-state index in [1.54, 1.807) is 30.2 Å². The number of amides is 1. The lowest BCUT2D eigenvalue weighted by atomic mass is 10.2. The zero-order valence-corrected chi connectivity index (χ0v) is 22.3. The van der Waals surface area contributed by atoms with Crippen LogP contribution in [-0.2, 0) is 4.79 Å². The van der Waals surface area contributed by atoms with Gasteiger partial charge >= 0.3 is 0 Å². The molecule has 0 bridgehead atoms. The number of carbonyl (C=O) groups excluding carboxylic acids is 1. The zero-order chi connectivity index (χ0) is 22.9. The van der Waals surface area contributed by atoms with Crippen molar-refractivity contribution in [3.05, 3.63) is 48.0 Å². The van der Waals surface area contributed by atoms with Crippen LogP contribution in [0.25, 0.3) is 10.2 Å². The highest BCUT2D eigenvalue weighted by Crippen LogP contribution is 2.32. The van der Waals surface area contributed by atoms with Gasteiger partial charge in [0.15, 0.2) is 5.13 Å². The molecule has 3 aromatic rings. The predicted octanol–water partition coefficient (Wildman–Crippen LogP) is 6.28. The van der Waals surface area contributed by atoms with E-state index in [1.165, 1.54) is 10.5 Å². The van der Waals surface area contributed by atoms with Crippen molar-refractivity contribution in [3.63, 3.8) is 0 Å². The molecule has 0 atom stereocenters. The van der Waals surface area contributed by atoms with Gasteiger partial charge < -0.3 is 9.64 Å². The molecule has 8 heteroatoms. The van der Waals surface area contributed by atoms with Gasteiger partial charge in [0.25, 0.3) is 0 Å². The Kier molecular flexibility index (Phi) is 11.5. The summed E-state index contributed by atoms with van der Waals surface area (Å²) in [6.45, 7) is 9.85. The smallest absolute Gasteiger partial charge is 0.228 e. The molecule has 180 valence electrons. The molecule has 1 amide bonds. The predicted molar refractivity (Wildman–Crippen MR) is 145 cm³/mol. The van der Waals surface area contributed by atoms with Crippen molar-refractivity contribution in [2.75, 3.05) is 43.9 Å². The Balaban J connectivity index is 0.00000385. The molecule has 3 rings (SSSR count). The van der Waals surface area contributed by atoms with E-state index in [9.17, 15) is 4.79 Å². The third-order valence-corrected chi connectivity index (χ3v) is 7.61. The Bertz CT molecular complexity index is 1010. The minimum absolute atomic E-state index is 0. The van der Waals surface area contributed by atoms with E-state index in [4.69, 9.17) is 9.72 Å². The summed E-state index contributed by atoms with van der Waals surface area (Å²) in [6.07, 6.45) is 1.37. The maximum Gasteiger partial charge on any atom is 0.228 e. The number of methoxy groups -OCH3 is 1. The number of nitrogens with zero attached hydrogens (tertiary/aromatic N) is 3. The summed E-state index contributed by atoms with van der Waals surface area (Å²) in [6, 6.07) is 14.4. The maximum atomic E-state index is 13.2. The van der Waals surface area contributed by atoms with Crippen LogP contribution in [0.15, 0.2) is 47.4 Å². The lowest BCUT2D eigenvalue weighted by Crippen LogP contribution is -2.38. The number of aryl methyl sites for hydroxylation is 1. The molecule has 33 heavy (non-hydrogen) atoms. The van der Waals surface area contributed by atoms with E-state index in [1.807, 2.05) is 23.1 Å². The second-order valence-corrected chi connectivity index (χ2v) is 9.84. The van der Waals surface area contributed by atoms with Crippen LogP contribution in [0.3, 0.4) is 0 Å². The second kappa shape index (κ2) is 13.8. The third kappa shape index (κ3) is 7.88. The molecule has 5 nitrogen and oxygen atoms in total. The highest BCUT2D eigenvalue weighted by atomic mass is 35.5. The molecule has 0 aliphatic heterocycles. The second-order valence-electron chi connectivity index (χ2n) is 7.67. The van der Waals surface area contributed by atoms with E-state index in [2.05, 4.69) is 49.9 Å². The van der Waals surface area contributed by atoms with Gasteiger partial charge in [-0.1, -0.05) is 42.9 Å². The minimum atomic E-state index is 0. The fourth-order valence-electron chi connectivity index (χ4n) is 3.43. The van der Waals surface area contributed by atoms with Crippen LogP contribution in [0.1, 0.15) is 32.3 Å². The van der Waals surface area contributed by atoms with Crippen molar-refractivity contribution in [2.24, 2.45) is 0 Å². The summed E-state index contributed by atoms with van der Waals surface area (Å²) in [5.74, 6) is 1.88. The van der Waals surface area contributed by atoms with E-state index >= 15 is 0 Å². The average Bonchev–Trinajstić information content (AvgIpc) is 3.23. The third-order valence-electron chi connectivity index (χ3n) is 5.48. The molecule has 0 fully saturated rings. The van der Waals surface area contributed by atoms with Crippen LogP contribution in [0, 0.1) is 6.92 Å². The number of likely N-dealkylation sites (N-methyl/N-ethyl adjacent to an activating group) is 1. The summed E-state index contributed by atoms with van der Waals surface area (Å²) in [5, 5.41) is 0.775. The standard InChI is InChI=1S/C25H33N3O2S2.ClH/c1-5-27(6-2)15-16-28(25-26-22-14-11-20(30-4)18-23(22)32-25)24(29)8-7-17-31-21-12-9-19(3)10-13-21;/h9-14,18H,5-8,15-17H2,1-4H3;1H. The monoisotopic (exact) mass is 507 g/mol. The molecule has 0 N–H and O–H groups in total. The quantitative estimate of drug-likeness (QED) is 0.213. The van der Waals surface area contributed by atoms with E-state index in [0.29, 0.717) is 13.0 Å². The number of hydrogen-bond donors (Lipinski definition) is 0. The topological polar surface area (TPSA) is 45.7 Å². The molecule has 2 aromatic carbocycles. The lowest BCUT2D eigenvalue weighted by Gasteiger charge is -2.24. The van der Waals surface area contributed by atoms with E-state index in [-0.39, 0.29) is 18.3 Å². The van der Waals surface area contributed by atoms with Gasteiger partial charge in [-0.15, -0.1) is 24.2 Å². The number of thiazole rings is 1. The Morgan fingerprint density at radius 2 is 1.82 bits per heavy atom. The van der Waals surface area contributed by atoms with Crippen molar-refractivity contribution < 1.29 is 9.53 Å². The molecule has 0 saturated heterocycles. The fraction of sp³-hybridized carbons (Fsp3) is 0.440. The van der Waals surface area contributed by atoms with Gasteiger partial charge in [-0.3, -0.25) is 9.69 Å². The number of hydrogen-bond acceptors (Lipinski definition) is 6. The average molecular weight is 508 g/mol. The van der Waals surface area contributed by atoms with Crippen molar-refractivity contribution in [1.82, 2.24) is 9.88 Å². The number of benzene rings is 2. The molecule has 1 heterocycles. The van der Waals surface area contributed by atoms with Crippen LogP contribution >= 0.6 is 35.5 Å². The van der Waals surface area contributed by atoms with Gasteiger partial charge in [-0.25, -0.2) is 4.98 Å². The molecule has 0 radical (unpaired) electrons. The summed E-state index contributed by atoms with van der Waals surface area (Å²) in [5.41, 5.74) is 2.17. The first-order valence-electron chi connectivity index (χ1n) is 11.2. The fourth-order valence-corrected chi connectivity index (χ4v) is 5.32. The molecule has 0 saturated carbocycles. The van der Waals surface area contributed by atoms with Crippen LogP contribution in [-0.4, -0.2) is 54.8 Å². The van der Waals surface area contributed by atoms with Crippen molar-refractivity contribution >= 4 is 56.8 Å². The Hall–Kier alpha value is -1.80. The Morgan fingerprint density at radius 1 is 1.09 bits per heavy atom. The first-order chi connectivity index (χ1) is 15.5. The molecular formula is C25H34ClN3O2S2. The number of carbonyl (C=O) groups is 1. The van der Waals surface area contributed by atoms with Gasteiger partial charge in [-0.05, 0) is 62.5 Å². The molecule has 1 aromatic heterocycles. The van der Waals surface area contributed by atoms with Crippen LogP contribution in [0.4, 0.5) is 5.13 Å². The van der Waals surface area contributed by atoms with Gasteiger partial charge in [0, 0.05) is 24.4 Å². The molecule has 0 aliphatic rings.